The summed E-state index contributed by atoms with van der Waals surface area (Å²) in [4.78, 5) is 10.3. The smallest absolute Gasteiger partial charge is 0.418 e. The number of aliphatic carboxylic acids is 1. The average Bonchev–Trinajstić information content (AvgIpc) is 2.36. The zero-order valence-electron chi connectivity index (χ0n) is 10.7. The highest BCUT2D eigenvalue weighted by Crippen LogP contribution is 2.39. The van der Waals surface area contributed by atoms with E-state index in [1.807, 2.05) is 0 Å². The highest BCUT2D eigenvalue weighted by Gasteiger charge is 2.42. The van der Waals surface area contributed by atoms with Gasteiger partial charge in [0.25, 0.3) is 0 Å². The third-order valence-electron chi connectivity index (χ3n) is 2.38. The number of rotatable bonds is 6. The molecule has 0 radical (unpaired) electrons. The molecule has 0 bridgehead atoms. The van der Waals surface area contributed by atoms with Crippen molar-refractivity contribution in [2.75, 3.05) is 20.8 Å². The Balaban J connectivity index is 3.10. The van der Waals surface area contributed by atoms with Crippen LogP contribution in [0.15, 0.2) is 18.2 Å². The van der Waals surface area contributed by atoms with Gasteiger partial charge in [0.1, 0.15) is 6.61 Å². The van der Waals surface area contributed by atoms with Crippen LogP contribution in [0.4, 0.5) is 13.2 Å². The summed E-state index contributed by atoms with van der Waals surface area (Å²) in [5, 5.41) is 8.42. The second kappa shape index (κ2) is 6.47. The van der Waals surface area contributed by atoms with Crippen LogP contribution < -0.4 is 9.47 Å². The number of hydrogen-bond acceptors (Lipinski definition) is 4. The van der Waals surface area contributed by atoms with Crippen LogP contribution in [0, 0.1) is 0 Å². The molecule has 0 fully saturated rings. The van der Waals surface area contributed by atoms with Gasteiger partial charge in [-0.3, -0.25) is 0 Å². The van der Waals surface area contributed by atoms with Crippen molar-refractivity contribution in [3.63, 3.8) is 0 Å². The number of hydrogen-bond donors (Lipinski definition) is 1. The summed E-state index contributed by atoms with van der Waals surface area (Å²) in [5.74, 6) is -1.13. The Hall–Kier alpha value is -1.96. The molecule has 1 atom stereocenters. The minimum atomic E-state index is -4.74. The van der Waals surface area contributed by atoms with Crippen LogP contribution in [-0.4, -0.2) is 38.1 Å². The molecule has 0 aliphatic carbocycles. The molecule has 0 saturated carbocycles. The number of methoxy groups -OCH3 is 2. The summed E-state index contributed by atoms with van der Waals surface area (Å²) < 4.78 is 52.9. The largest absolute Gasteiger partial charge is 0.493 e. The summed E-state index contributed by atoms with van der Waals surface area (Å²) in [7, 11) is 2.63. The first kappa shape index (κ1) is 16.1. The van der Waals surface area contributed by atoms with E-state index >= 15 is 0 Å². The van der Waals surface area contributed by atoms with Gasteiger partial charge in [0.05, 0.1) is 14.2 Å². The number of carboxylic acid groups (broad SMARTS) is 1. The van der Waals surface area contributed by atoms with Crippen LogP contribution in [0.1, 0.15) is 11.7 Å². The molecular formula is C12H13F3O5. The lowest BCUT2D eigenvalue weighted by molar-refractivity contribution is -0.225. The second-order valence-electron chi connectivity index (χ2n) is 3.74. The van der Waals surface area contributed by atoms with Gasteiger partial charge in [-0.1, -0.05) is 6.07 Å². The maximum Gasteiger partial charge on any atom is 0.418 e. The van der Waals surface area contributed by atoms with Gasteiger partial charge < -0.3 is 19.3 Å². The number of alkyl halides is 3. The van der Waals surface area contributed by atoms with E-state index in [1.165, 1.54) is 20.3 Å². The quantitative estimate of drug-likeness (QED) is 0.872. The van der Waals surface area contributed by atoms with Gasteiger partial charge in [-0.15, -0.1) is 0 Å². The fourth-order valence-corrected chi connectivity index (χ4v) is 1.55. The maximum atomic E-state index is 12.9. The van der Waals surface area contributed by atoms with Crippen molar-refractivity contribution in [2.45, 2.75) is 12.3 Å². The molecule has 0 aliphatic heterocycles. The van der Waals surface area contributed by atoms with Crippen molar-refractivity contribution in [3.8, 4) is 11.5 Å². The minimum absolute atomic E-state index is 0.0955. The molecule has 20 heavy (non-hydrogen) atoms. The molecule has 0 unspecified atom stereocenters. The standard InChI is InChI=1S/C12H13F3O5/c1-18-8-4-3-7(5-9(8)19-2)11(12(13,14)15)20-6-10(16)17/h3-5,11H,6H2,1-2H3,(H,16,17)/t11-/m0/s1. The van der Waals surface area contributed by atoms with Gasteiger partial charge in [-0.2, -0.15) is 13.2 Å². The Kier molecular flexibility index (Phi) is 5.20. The van der Waals surface area contributed by atoms with E-state index in [-0.39, 0.29) is 17.1 Å². The molecule has 0 amide bonds. The molecule has 1 aromatic carbocycles. The zero-order valence-corrected chi connectivity index (χ0v) is 10.7. The van der Waals surface area contributed by atoms with Crippen LogP contribution >= 0.6 is 0 Å². The van der Waals surface area contributed by atoms with Crippen molar-refractivity contribution in [1.82, 2.24) is 0 Å². The second-order valence-corrected chi connectivity index (χ2v) is 3.74. The number of carboxylic acids is 1. The highest BCUT2D eigenvalue weighted by atomic mass is 19.4. The van der Waals surface area contributed by atoms with Gasteiger partial charge in [0.15, 0.2) is 17.6 Å². The monoisotopic (exact) mass is 294 g/mol. The van der Waals surface area contributed by atoms with E-state index in [0.29, 0.717) is 0 Å². The molecule has 1 aromatic rings. The van der Waals surface area contributed by atoms with Crippen molar-refractivity contribution < 1.29 is 37.3 Å². The van der Waals surface area contributed by atoms with Crippen LogP contribution in [0.5, 0.6) is 11.5 Å². The van der Waals surface area contributed by atoms with E-state index in [2.05, 4.69) is 4.74 Å². The molecule has 0 saturated heterocycles. The molecule has 112 valence electrons. The maximum absolute atomic E-state index is 12.9. The first-order chi connectivity index (χ1) is 9.29. The Morgan fingerprint density at radius 2 is 1.85 bits per heavy atom. The Morgan fingerprint density at radius 3 is 2.30 bits per heavy atom. The van der Waals surface area contributed by atoms with E-state index < -0.39 is 24.9 Å². The summed E-state index contributed by atoms with van der Waals surface area (Å²) in [6.07, 6.45) is -7.09. The molecule has 1 N–H and O–H groups in total. The van der Waals surface area contributed by atoms with Gasteiger partial charge in [-0.05, 0) is 17.7 Å². The van der Waals surface area contributed by atoms with E-state index in [9.17, 15) is 18.0 Å². The lowest BCUT2D eigenvalue weighted by atomic mass is 10.1. The third kappa shape index (κ3) is 4.02. The van der Waals surface area contributed by atoms with Gasteiger partial charge in [0, 0.05) is 0 Å². The van der Waals surface area contributed by atoms with Gasteiger partial charge in [-0.25, -0.2) is 4.79 Å². The molecule has 1 rings (SSSR count). The number of benzene rings is 1. The third-order valence-corrected chi connectivity index (χ3v) is 2.38. The molecule has 0 aromatic heterocycles. The van der Waals surface area contributed by atoms with Gasteiger partial charge >= 0.3 is 12.1 Å². The average molecular weight is 294 g/mol. The van der Waals surface area contributed by atoms with Gasteiger partial charge in [0.2, 0.25) is 0 Å². The van der Waals surface area contributed by atoms with Crippen LogP contribution in [0.2, 0.25) is 0 Å². The summed E-state index contributed by atoms with van der Waals surface area (Å²) in [6.45, 7) is -1.06. The fraction of sp³-hybridized carbons (Fsp3) is 0.417. The number of carbonyl (C=O) groups is 1. The summed E-state index contributed by atoms with van der Waals surface area (Å²) in [6, 6.07) is 3.53. The first-order valence-corrected chi connectivity index (χ1v) is 5.41. The van der Waals surface area contributed by atoms with Crippen LogP contribution in [0.3, 0.4) is 0 Å². The summed E-state index contributed by atoms with van der Waals surface area (Å²) >= 11 is 0. The van der Waals surface area contributed by atoms with E-state index in [0.717, 1.165) is 12.1 Å². The Bertz CT molecular complexity index is 473. The topological polar surface area (TPSA) is 65.0 Å². The molecule has 0 spiro atoms. The van der Waals surface area contributed by atoms with Crippen molar-refractivity contribution in [1.29, 1.82) is 0 Å². The Labute approximate surface area is 112 Å². The fourth-order valence-electron chi connectivity index (χ4n) is 1.55. The highest BCUT2D eigenvalue weighted by molar-refractivity contribution is 5.68. The normalized spacial score (nSPS) is 12.8. The predicted molar refractivity (Wildman–Crippen MR) is 61.9 cm³/mol. The first-order valence-electron chi connectivity index (χ1n) is 5.41. The van der Waals surface area contributed by atoms with E-state index in [1.54, 1.807) is 0 Å². The molecule has 0 aliphatic rings. The summed E-state index contributed by atoms with van der Waals surface area (Å²) in [5.41, 5.74) is -0.267. The van der Waals surface area contributed by atoms with E-state index in [4.69, 9.17) is 14.6 Å². The molecule has 5 nitrogen and oxygen atoms in total. The molecular weight excluding hydrogens is 281 g/mol. The zero-order chi connectivity index (χ0) is 15.3. The van der Waals surface area contributed by atoms with Crippen molar-refractivity contribution in [3.05, 3.63) is 23.8 Å². The number of halogens is 3. The predicted octanol–water partition coefficient (Wildman–Crippen LogP) is 2.41. The van der Waals surface area contributed by atoms with Crippen molar-refractivity contribution >= 4 is 5.97 Å². The van der Waals surface area contributed by atoms with Crippen LogP contribution in [0.25, 0.3) is 0 Å². The number of ether oxygens (including phenoxy) is 3. The minimum Gasteiger partial charge on any atom is -0.493 e. The van der Waals surface area contributed by atoms with Crippen LogP contribution in [-0.2, 0) is 9.53 Å². The lowest BCUT2D eigenvalue weighted by Gasteiger charge is -2.21. The SMILES string of the molecule is COc1ccc([C@H](OCC(=O)O)C(F)(F)F)cc1OC. The molecule has 8 heteroatoms. The lowest BCUT2D eigenvalue weighted by Crippen LogP contribution is -2.26. The molecule has 0 heterocycles. The van der Waals surface area contributed by atoms with Crippen molar-refractivity contribution in [2.24, 2.45) is 0 Å². The Morgan fingerprint density at radius 1 is 1.25 bits per heavy atom.